The molecule has 0 amide bonds. The van der Waals surface area contributed by atoms with E-state index in [1.807, 2.05) is 6.07 Å². The number of aryl methyl sites for hydroxylation is 1. The van der Waals surface area contributed by atoms with E-state index >= 15 is 0 Å². The van der Waals surface area contributed by atoms with Crippen LogP contribution in [-0.4, -0.2) is 21.5 Å². The Morgan fingerprint density at radius 3 is 2.67 bits per heavy atom. The summed E-state index contributed by atoms with van der Waals surface area (Å²) in [6.07, 6.45) is 1.54. The predicted octanol–water partition coefficient (Wildman–Crippen LogP) is 3.24. The maximum atomic E-state index is 13.5. The molecule has 0 aromatic heterocycles. The molecular weight excluding hydrogens is 333 g/mol. The first-order valence-electron chi connectivity index (χ1n) is 6.96. The average Bonchev–Trinajstić information content (AvgIpc) is 2.54. The van der Waals surface area contributed by atoms with Crippen LogP contribution in [0, 0.1) is 17.1 Å². The first kappa shape index (κ1) is 17.6. The first-order valence-corrected chi connectivity index (χ1v) is 8.52. The molecule has 0 radical (unpaired) electrons. The summed E-state index contributed by atoms with van der Waals surface area (Å²) in [5, 5.41) is 18.0. The molecule has 1 N–H and O–H groups in total. The van der Waals surface area contributed by atoms with Crippen LogP contribution in [0.4, 0.5) is 4.39 Å². The quantitative estimate of drug-likeness (QED) is 0.867. The number of carboxylic acids is 1. The summed E-state index contributed by atoms with van der Waals surface area (Å²) in [6.45, 7) is 0. The minimum atomic E-state index is -1.24. The highest BCUT2D eigenvalue weighted by Crippen LogP contribution is 2.30. The number of ether oxygens (including phenoxy) is 1. The zero-order valence-corrected chi connectivity index (χ0v) is 13.6. The number of benzene rings is 2. The lowest BCUT2D eigenvalue weighted by Crippen LogP contribution is -2.00. The predicted molar refractivity (Wildman–Crippen MR) is 85.9 cm³/mol. The normalized spacial score (nSPS) is 11.5. The Morgan fingerprint density at radius 2 is 2.04 bits per heavy atom. The zero-order chi connectivity index (χ0) is 17.7. The van der Waals surface area contributed by atoms with E-state index in [1.54, 1.807) is 6.07 Å². The van der Waals surface area contributed by atoms with Crippen LogP contribution < -0.4 is 4.74 Å². The Kier molecular flexibility index (Phi) is 5.66. The monoisotopic (exact) mass is 347 g/mol. The van der Waals surface area contributed by atoms with Crippen LogP contribution in [0.2, 0.25) is 0 Å². The van der Waals surface area contributed by atoms with Crippen molar-refractivity contribution in [1.82, 2.24) is 0 Å². The minimum Gasteiger partial charge on any atom is -0.481 e. The Hall–Kier alpha value is -2.72. The molecular formula is C17H14FNO4S. The number of carboxylic acid groups (broad SMARTS) is 1. The third-order valence-corrected chi connectivity index (χ3v) is 4.18. The van der Waals surface area contributed by atoms with E-state index in [1.165, 1.54) is 30.5 Å². The number of rotatable bonds is 6. The fourth-order valence-electron chi connectivity index (χ4n) is 2.05. The third kappa shape index (κ3) is 4.40. The van der Waals surface area contributed by atoms with Crippen LogP contribution in [0.15, 0.2) is 41.3 Å². The van der Waals surface area contributed by atoms with Crippen LogP contribution in [0.5, 0.6) is 11.5 Å². The number of halogens is 1. The molecule has 0 saturated carbocycles. The summed E-state index contributed by atoms with van der Waals surface area (Å²) < 4.78 is 30.6. The highest BCUT2D eigenvalue weighted by Gasteiger charge is 2.12. The molecule has 0 spiro atoms. The molecule has 0 aliphatic rings. The second-order valence-corrected chi connectivity index (χ2v) is 6.35. The second-order valence-electron chi connectivity index (χ2n) is 4.97. The van der Waals surface area contributed by atoms with Gasteiger partial charge in [0, 0.05) is 34.4 Å². The van der Waals surface area contributed by atoms with E-state index < -0.39 is 22.6 Å². The molecule has 2 rings (SSSR count). The van der Waals surface area contributed by atoms with Crippen LogP contribution in [0.3, 0.4) is 0 Å². The van der Waals surface area contributed by atoms with Gasteiger partial charge in [0.05, 0.1) is 5.56 Å². The van der Waals surface area contributed by atoms with E-state index in [2.05, 4.69) is 0 Å². The smallest absolute Gasteiger partial charge is 0.303 e. The molecule has 0 saturated heterocycles. The summed E-state index contributed by atoms with van der Waals surface area (Å²) in [5.74, 6) is -1.17. The summed E-state index contributed by atoms with van der Waals surface area (Å²) >= 11 is 0. The van der Waals surface area contributed by atoms with Crippen molar-refractivity contribution in [3.05, 3.63) is 53.3 Å². The highest BCUT2D eigenvalue weighted by atomic mass is 32.2. The van der Waals surface area contributed by atoms with Gasteiger partial charge >= 0.3 is 5.97 Å². The summed E-state index contributed by atoms with van der Waals surface area (Å²) in [5.41, 5.74) is 0.682. The molecule has 0 fully saturated rings. The lowest BCUT2D eigenvalue weighted by Gasteiger charge is -2.12. The number of nitrogens with zero attached hydrogens (tertiary/aromatic N) is 1. The second kappa shape index (κ2) is 7.70. The van der Waals surface area contributed by atoms with Crippen LogP contribution in [-0.2, 0) is 22.0 Å². The van der Waals surface area contributed by atoms with Crippen LogP contribution >= 0.6 is 0 Å². The lowest BCUT2D eigenvalue weighted by molar-refractivity contribution is -0.136. The molecule has 1 unspecified atom stereocenters. The SMILES string of the molecule is CS(=O)c1ccc(Oc2cc(F)ccc2CCC(=O)O)c(C#N)c1. The molecule has 5 nitrogen and oxygen atoms in total. The lowest BCUT2D eigenvalue weighted by atomic mass is 10.1. The maximum absolute atomic E-state index is 13.5. The van der Waals surface area contributed by atoms with Gasteiger partial charge in [-0.2, -0.15) is 5.26 Å². The van der Waals surface area contributed by atoms with E-state index in [-0.39, 0.29) is 29.9 Å². The minimum absolute atomic E-state index is 0.124. The number of nitriles is 1. The molecule has 0 bridgehead atoms. The van der Waals surface area contributed by atoms with Gasteiger partial charge in [0.15, 0.2) is 0 Å². The van der Waals surface area contributed by atoms with Crippen LogP contribution in [0.25, 0.3) is 0 Å². The van der Waals surface area contributed by atoms with Crippen molar-refractivity contribution in [3.63, 3.8) is 0 Å². The van der Waals surface area contributed by atoms with E-state index in [0.29, 0.717) is 10.5 Å². The fourth-order valence-corrected chi connectivity index (χ4v) is 2.60. The van der Waals surface area contributed by atoms with Gasteiger partial charge in [-0.25, -0.2) is 4.39 Å². The molecule has 7 heteroatoms. The van der Waals surface area contributed by atoms with Gasteiger partial charge < -0.3 is 9.84 Å². The molecule has 0 heterocycles. The Labute approximate surface area is 140 Å². The largest absolute Gasteiger partial charge is 0.481 e. The number of hydrogen-bond acceptors (Lipinski definition) is 4. The van der Waals surface area contributed by atoms with Gasteiger partial charge in [-0.05, 0) is 36.2 Å². The maximum Gasteiger partial charge on any atom is 0.303 e. The van der Waals surface area contributed by atoms with Crippen molar-refractivity contribution in [2.24, 2.45) is 0 Å². The molecule has 2 aromatic rings. The summed E-state index contributed by atoms with van der Waals surface area (Å²) in [6, 6.07) is 10.3. The third-order valence-electron chi connectivity index (χ3n) is 3.26. The van der Waals surface area contributed by atoms with Crippen molar-refractivity contribution in [3.8, 4) is 17.6 Å². The molecule has 0 aliphatic heterocycles. The molecule has 0 aliphatic carbocycles. The Morgan fingerprint density at radius 1 is 1.29 bits per heavy atom. The standard InChI is InChI=1S/C17H14FNO4S/c1-24(22)14-5-6-15(12(8-14)10-19)23-16-9-13(18)4-2-11(16)3-7-17(20)21/h2,4-6,8-9H,3,7H2,1H3,(H,20,21). The Balaban J connectivity index is 2.37. The average molecular weight is 347 g/mol. The highest BCUT2D eigenvalue weighted by molar-refractivity contribution is 7.84. The van der Waals surface area contributed by atoms with Gasteiger partial charge in [-0.15, -0.1) is 0 Å². The molecule has 2 aromatic carbocycles. The van der Waals surface area contributed by atoms with Gasteiger partial charge in [0.2, 0.25) is 0 Å². The number of carbonyl (C=O) groups is 1. The molecule has 1 atom stereocenters. The van der Waals surface area contributed by atoms with Crippen molar-refractivity contribution >= 4 is 16.8 Å². The van der Waals surface area contributed by atoms with Crippen LogP contribution in [0.1, 0.15) is 17.5 Å². The van der Waals surface area contributed by atoms with Gasteiger partial charge in [0.25, 0.3) is 0 Å². The Bertz CT molecular complexity index is 845. The van der Waals surface area contributed by atoms with Gasteiger partial charge in [-0.3, -0.25) is 9.00 Å². The van der Waals surface area contributed by atoms with E-state index in [0.717, 1.165) is 6.07 Å². The van der Waals surface area contributed by atoms with Crippen molar-refractivity contribution in [2.75, 3.05) is 6.26 Å². The van der Waals surface area contributed by atoms with Crippen molar-refractivity contribution in [2.45, 2.75) is 17.7 Å². The molecule has 124 valence electrons. The van der Waals surface area contributed by atoms with E-state index in [9.17, 15) is 18.7 Å². The summed E-state index contributed by atoms with van der Waals surface area (Å²) in [4.78, 5) is 11.2. The topological polar surface area (TPSA) is 87.4 Å². The zero-order valence-electron chi connectivity index (χ0n) is 12.8. The van der Waals surface area contributed by atoms with E-state index in [4.69, 9.17) is 9.84 Å². The number of hydrogen-bond donors (Lipinski definition) is 1. The van der Waals surface area contributed by atoms with Crippen molar-refractivity contribution < 1.29 is 23.2 Å². The van der Waals surface area contributed by atoms with Gasteiger partial charge in [-0.1, -0.05) is 6.07 Å². The van der Waals surface area contributed by atoms with Crippen molar-refractivity contribution in [1.29, 1.82) is 5.26 Å². The molecule has 24 heavy (non-hydrogen) atoms. The first-order chi connectivity index (χ1) is 11.4. The number of aliphatic carboxylic acids is 1. The fraction of sp³-hybridized carbons (Fsp3) is 0.176. The summed E-state index contributed by atoms with van der Waals surface area (Å²) in [7, 11) is -1.24. The van der Waals surface area contributed by atoms with Gasteiger partial charge in [0.1, 0.15) is 23.4 Å².